The van der Waals surface area contributed by atoms with Crippen LogP contribution in [0.4, 0.5) is 5.69 Å². The maximum atomic E-state index is 2.77. The molecule has 1 atom stereocenters. The third-order valence-electron chi connectivity index (χ3n) is 9.49. The SMILES string of the molecule is Cc1cc2c(cc1C13CCC(C)(CC1)N(c1ccccc1)C3C)-c1ccccc1C2(C)C. The molecule has 7 rings (SSSR count). The highest BCUT2D eigenvalue weighted by molar-refractivity contribution is 5.82. The fourth-order valence-corrected chi connectivity index (χ4v) is 7.62. The molecule has 0 radical (unpaired) electrons. The molecule has 3 aromatic carbocycles. The van der Waals surface area contributed by atoms with Crippen LogP contribution in [-0.2, 0) is 10.8 Å². The maximum Gasteiger partial charge on any atom is 0.0378 e. The van der Waals surface area contributed by atoms with Gasteiger partial charge in [0.15, 0.2) is 0 Å². The van der Waals surface area contributed by atoms with E-state index in [0.29, 0.717) is 6.04 Å². The van der Waals surface area contributed by atoms with Gasteiger partial charge in [0.25, 0.3) is 0 Å². The van der Waals surface area contributed by atoms with E-state index in [2.05, 4.69) is 106 Å². The number of piperidine rings is 2. The summed E-state index contributed by atoms with van der Waals surface area (Å²) in [5.41, 5.74) is 10.9. The van der Waals surface area contributed by atoms with Crippen LogP contribution in [0.1, 0.15) is 75.6 Å². The second kappa shape index (κ2) is 6.50. The summed E-state index contributed by atoms with van der Waals surface area (Å²) in [4.78, 5) is 2.77. The number of hydrogen-bond acceptors (Lipinski definition) is 1. The summed E-state index contributed by atoms with van der Waals surface area (Å²) in [7, 11) is 0. The first-order valence-corrected chi connectivity index (χ1v) is 12.4. The monoisotopic (exact) mass is 421 g/mol. The Labute approximate surface area is 193 Å². The summed E-state index contributed by atoms with van der Waals surface area (Å²) in [6.07, 6.45) is 5.12. The minimum Gasteiger partial charge on any atom is -0.363 e. The molecule has 2 bridgehead atoms. The Hall–Kier alpha value is -2.54. The van der Waals surface area contributed by atoms with Gasteiger partial charge in [-0.25, -0.2) is 0 Å². The van der Waals surface area contributed by atoms with Gasteiger partial charge < -0.3 is 4.90 Å². The van der Waals surface area contributed by atoms with E-state index in [1.807, 2.05) is 0 Å². The fourth-order valence-electron chi connectivity index (χ4n) is 7.62. The van der Waals surface area contributed by atoms with Crippen LogP contribution in [0.2, 0.25) is 0 Å². The number of benzene rings is 3. The second-order valence-corrected chi connectivity index (χ2v) is 11.4. The first kappa shape index (κ1) is 20.1. The Morgan fingerprint density at radius 3 is 2.09 bits per heavy atom. The third kappa shape index (κ3) is 2.46. The minimum atomic E-state index is 0.0757. The highest BCUT2D eigenvalue weighted by atomic mass is 15.3. The molecular formula is C31H35N. The van der Waals surface area contributed by atoms with Crippen molar-refractivity contribution in [3.05, 3.63) is 89.0 Å². The molecule has 0 N–H and O–H groups in total. The van der Waals surface area contributed by atoms with E-state index in [1.165, 1.54) is 59.2 Å². The molecule has 1 heteroatoms. The third-order valence-corrected chi connectivity index (χ3v) is 9.49. The standard InChI is InChI=1S/C31H35N/c1-21-19-28-25(24-13-9-10-14-26(24)29(28,3)4)20-27(21)31-17-15-30(5,16-18-31)32(22(31)2)23-11-7-6-8-12-23/h6-14,19-20,22H,15-18H2,1-5H3. The molecule has 0 spiro atoms. The van der Waals surface area contributed by atoms with Gasteiger partial charge in [0, 0.05) is 28.1 Å². The van der Waals surface area contributed by atoms with Gasteiger partial charge in [-0.15, -0.1) is 0 Å². The predicted molar refractivity (Wildman–Crippen MR) is 136 cm³/mol. The summed E-state index contributed by atoms with van der Waals surface area (Å²) in [5.74, 6) is 0. The summed E-state index contributed by atoms with van der Waals surface area (Å²) in [5, 5.41) is 0. The van der Waals surface area contributed by atoms with E-state index in [9.17, 15) is 0 Å². The number of anilines is 1. The molecule has 4 aliphatic rings. The van der Waals surface area contributed by atoms with Crippen molar-refractivity contribution in [2.45, 2.75) is 82.7 Å². The summed E-state index contributed by atoms with van der Waals surface area (Å²) < 4.78 is 0. The Bertz CT molecular complexity index is 1190. The van der Waals surface area contributed by atoms with E-state index in [4.69, 9.17) is 0 Å². The zero-order valence-electron chi connectivity index (χ0n) is 20.2. The molecular weight excluding hydrogens is 386 g/mol. The molecule has 1 unspecified atom stereocenters. The molecule has 3 aromatic rings. The van der Waals surface area contributed by atoms with Gasteiger partial charge in [0.2, 0.25) is 0 Å². The number of hydrogen-bond donors (Lipinski definition) is 0. The lowest BCUT2D eigenvalue weighted by molar-refractivity contribution is 0.0981. The van der Waals surface area contributed by atoms with E-state index in [-0.39, 0.29) is 16.4 Å². The summed E-state index contributed by atoms with van der Waals surface area (Å²) in [6.45, 7) is 12.1. The number of fused-ring (bicyclic) bond motifs is 6. The molecule has 164 valence electrons. The van der Waals surface area contributed by atoms with E-state index >= 15 is 0 Å². The molecule has 1 nitrogen and oxygen atoms in total. The van der Waals surface area contributed by atoms with Crippen LogP contribution < -0.4 is 4.90 Å². The molecule has 3 fully saturated rings. The first-order valence-electron chi connectivity index (χ1n) is 12.4. The van der Waals surface area contributed by atoms with Gasteiger partial charge >= 0.3 is 0 Å². The average molecular weight is 422 g/mol. The van der Waals surface area contributed by atoms with Crippen molar-refractivity contribution in [2.24, 2.45) is 0 Å². The van der Waals surface area contributed by atoms with Gasteiger partial charge in [-0.05, 0) is 98.0 Å². The molecule has 2 heterocycles. The van der Waals surface area contributed by atoms with Crippen LogP contribution in [-0.4, -0.2) is 11.6 Å². The second-order valence-electron chi connectivity index (χ2n) is 11.4. The Morgan fingerprint density at radius 1 is 0.719 bits per heavy atom. The lowest BCUT2D eigenvalue weighted by Crippen LogP contribution is -2.67. The van der Waals surface area contributed by atoms with Crippen molar-refractivity contribution in [1.29, 1.82) is 0 Å². The average Bonchev–Trinajstić information content (AvgIpc) is 3.01. The summed E-state index contributed by atoms with van der Waals surface area (Å²) >= 11 is 0. The van der Waals surface area contributed by atoms with Gasteiger partial charge in [-0.3, -0.25) is 0 Å². The van der Waals surface area contributed by atoms with Crippen LogP contribution >= 0.6 is 0 Å². The van der Waals surface area contributed by atoms with Gasteiger partial charge in [-0.2, -0.15) is 0 Å². The van der Waals surface area contributed by atoms with E-state index in [1.54, 1.807) is 5.56 Å². The Morgan fingerprint density at radius 2 is 1.38 bits per heavy atom. The zero-order chi connectivity index (χ0) is 22.3. The minimum absolute atomic E-state index is 0.0757. The van der Waals surface area contributed by atoms with Crippen molar-refractivity contribution >= 4 is 5.69 Å². The largest absolute Gasteiger partial charge is 0.363 e. The van der Waals surface area contributed by atoms with Gasteiger partial charge in [0.05, 0.1) is 0 Å². The number of nitrogens with zero attached hydrogens (tertiary/aromatic N) is 1. The smallest absolute Gasteiger partial charge is 0.0378 e. The predicted octanol–water partition coefficient (Wildman–Crippen LogP) is 7.78. The van der Waals surface area contributed by atoms with Gasteiger partial charge in [-0.1, -0.05) is 62.4 Å². The van der Waals surface area contributed by atoms with E-state index < -0.39 is 0 Å². The highest BCUT2D eigenvalue weighted by Gasteiger charge is 2.56. The maximum absolute atomic E-state index is 2.77. The zero-order valence-corrected chi connectivity index (χ0v) is 20.2. The van der Waals surface area contributed by atoms with Crippen molar-refractivity contribution in [3.63, 3.8) is 0 Å². The Kier molecular flexibility index (Phi) is 4.08. The Balaban J connectivity index is 1.53. The molecule has 2 saturated heterocycles. The van der Waals surface area contributed by atoms with Crippen LogP contribution in [0.3, 0.4) is 0 Å². The first-order chi connectivity index (χ1) is 15.3. The van der Waals surface area contributed by atoms with Crippen LogP contribution in [0.5, 0.6) is 0 Å². The number of aryl methyl sites for hydroxylation is 1. The van der Waals surface area contributed by atoms with Crippen LogP contribution in [0.15, 0.2) is 66.7 Å². The number of rotatable bonds is 2. The quantitative estimate of drug-likeness (QED) is 0.408. The van der Waals surface area contributed by atoms with E-state index in [0.717, 1.165) is 0 Å². The van der Waals surface area contributed by atoms with Crippen molar-refractivity contribution in [3.8, 4) is 11.1 Å². The van der Waals surface area contributed by atoms with Crippen molar-refractivity contribution < 1.29 is 0 Å². The molecule has 2 aliphatic heterocycles. The summed E-state index contributed by atoms with van der Waals surface area (Å²) in [6, 6.07) is 25.8. The van der Waals surface area contributed by atoms with Crippen molar-refractivity contribution in [1.82, 2.24) is 0 Å². The molecule has 1 saturated carbocycles. The lowest BCUT2D eigenvalue weighted by Gasteiger charge is -2.64. The number of para-hydroxylation sites is 1. The molecule has 2 aliphatic carbocycles. The fraction of sp³-hybridized carbons (Fsp3) is 0.419. The van der Waals surface area contributed by atoms with Gasteiger partial charge in [0.1, 0.15) is 0 Å². The van der Waals surface area contributed by atoms with Crippen molar-refractivity contribution in [2.75, 3.05) is 4.90 Å². The van der Waals surface area contributed by atoms with Crippen LogP contribution in [0.25, 0.3) is 11.1 Å². The lowest BCUT2D eigenvalue weighted by atomic mass is 9.55. The molecule has 0 amide bonds. The topological polar surface area (TPSA) is 3.24 Å². The molecule has 32 heavy (non-hydrogen) atoms. The highest BCUT2D eigenvalue weighted by Crippen LogP contribution is 2.58. The van der Waals surface area contributed by atoms with Crippen LogP contribution in [0, 0.1) is 6.92 Å². The normalized spacial score (nSPS) is 29.7. The molecule has 0 aromatic heterocycles.